The van der Waals surface area contributed by atoms with E-state index in [0.717, 1.165) is 0 Å². The lowest BCUT2D eigenvalue weighted by Gasteiger charge is -2.13. The van der Waals surface area contributed by atoms with E-state index >= 15 is 0 Å². The molecule has 6 nitrogen and oxygen atoms in total. The first-order valence-corrected chi connectivity index (χ1v) is 6.93. The highest BCUT2D eigenvalue weighted by atomic mass is 35.5. The lowest BCUT2D eigenvalue weighted by atomic mass is 10.3. The Morgan fingerprint density at radius 2 is 2.06 bits per heavy atom. The van der Waals surface area contributed by atoms with E-state index in [1.54, 1.807) is 0 Å². The van der Waals surface area contributed by atoms with E-state index in [4.69, 9.17) is 17.3 Å². The zero-order chi connectivity index (χ0) is 13.9. The van der Waals surface area contributed by atoms with Gasteiger partial charge in [0.1, 0.15) is 0 Å². The average molecular weight is 292 g/mol. The van der Waals surface area contributed by atoms with Crippen LogP contribution < -0.4 is 15.8 Å². The molecular weight excluding hydrogens is 278 g/mol. The number of anilines is 1. The van der Waals surface area contributed by atoms with Crippen LogP contribution in [0.15, 0.2) is 23.1 Å². The van der Waals surface area contributed by atoms with E-state index in [0.29, 0.717) is 0 Å². The summed E-state index contributed by atoms with van der Waals surface area (Å²) < 4.78 is 26.1. The van der Waals surface area contributed by atoms with Gasteiger partial charge >= 0.3 is 0 Å². The van der Waals surface area contributed by atoms with Crippen molar-refractivity contribution < 1.29 is 13.2 Å². The van der Waals surface area contributed by atoms with E-state index < -0.39 is 22.0 Å². The van der Waals surface area contributed by atoms with E-state index in [1.165, 1.54) is 32.2 Å². The molecule has 1 unspecified atom stereocenters. The molecule has 1 rings (SSSR count). The van der Waals surface area contributed by atoms with Gasteiger partial charge in [0.15, 0.2) is 0 Å². The quantitative estimate of drug-likeness (QED) is 0.696. The highest BCUT2D eigenvalue weighted by molar-refractivity contribution is 7.89. The van der Waals surface area contributed by atoms with Crippen molar-refractivity contribution >= 4 is 33.2 Å². The molecule has 0 heterocycles. The summed E-state index contributed by atoms with van der Waals surface area (Å²) in [5.74, 6) is -0.430. The van der Waals surface area contributed by atoms with Crippen LogP contribution in [-0.2, 0) is 14.8 Å². The van der Waals surface area contributed by atoms with Crippen LogP contribution in [0.1, 0.15) is 6.92 Å². The van der Waals surface area contributed by atoms with Gasteiger partial charge in [-0.3, -0.25) is 4.79 Å². The third-order valence-corrected chi connectivity index (χ3v) is 4.13. The SMILES string of the molecule is CNC(=O)C(C)NS(=O)(=O)c1ccc(Cl)c(N)c1. The predicted molar refractivity (Wildman–Crippen MR) is 69.7 cm³/mol. The van der Waals surface area contributed by atoms with Gasteiger partial charge in [0.2, 0.25) is 15.9 Å². The summed E-state index contributed by atoms with van der Waals surface area (Å²) in [6, 6.07) is 3.06. The van der Waals surface area contributed by atoms with Crippen molar-refractivity contribution in [1.29, 1.82) is 0 Å². The highest BCUT2D eigenvalue weighted by Gasteiger charge is 2.21. The molecule has 0 fully saturated rings. The van der Waals surface area contributed by atoms with Crippen LogP contribution in [0.3, 0.4) is 0 Å². The van der Waals surface area contributed by atoms with Gasteiger partial charge < -0.3 is 11.1 Å². The molecule has 0 saturated carbocycles. The summed E-state index contributed by atoms with van der Waals surface area (Å²) in [6.07, 6.45) is 0. The largest absolute Gasteiger partial charge is 0.397 e. The predicted octanol–water partition coefficient (Wildman–Crippen LogP) is 0.335. The zero-order valence-electron chi connectivity index (χ0n) is 9.90. The number of carbonyl (C=O) groups excluding carboxylic acids is 1. The lowest BCUT2D eigenvalue weighted by Crippen LogP contribution is -2.43. The minimum absolute atomic E-state index is 0.0415. The minimum atomic E-state index is -3.80. The van der Waals surface area contributed by atoms with Gasteiger partial charge in [-0.05, 0) is 25.1 Å². The Balaban J connectivity index is 3.00. The number of benzene rings is 1. The van der Waals surface area contributed by atoms with Crippen LogP contribution in [0.2, 0.25) is 5.02 Å². The Labute approximate surface area is 111 Å². The Morgan fingerprint density at radius 1 is 1.44 bits per heavy atom. The van der Waals surface area contributed by atoms with Crippen LogP contribution in [0.5, 0.6) is 0 Å². The molecule has 0 aliphatic heterocycles. The van der Waals surface area contributed by atoms with Gasteiger partial charge in [0, 0.05) is 7.05 Å². The molecular formula is C10H14ClN3O3S. The van der Waals surface area contributed by atoms with Crippen LogP contribution in [0, 0.1) is 0 Å². The number of amides is 1. The molecule has 1 amide bonds. The summed E-state index contributed by atoms with van der Waals surface area (Å²) in [5, 5.41) is 2.62. The van der Waals surface area contributed by atoms with Crippen LogP contribution in [-0.4, -0.2) is 27.4 Å². The number of rotatable bonds is 4. The van der Waals surface area contributed by atoms with Crippen LogP contribution in [0.25, 0.3) is 0 Å². The summed E-state index contributed by atoms with van der Waals surface area (Å²) in [7, 11) is -2.38. The second kappa shape index (κ2) is 5.55. The van der Waals surface area contributed by atoms with Gasteiger partial charge in [-0.25, -0.2) is 8.42 Å². The standard InChI is InChI=1S/C10H14ClN3O3S/c1-6(10(15)13-2)14-18(16,17)7-3-4-8(11)9(12)5-7/h3-6,14H,12H2,1-2H3,(H,13,15). The number of nitrogens with one attached hydrogen (secondary N) is 2. The smallest absolute Gasteiger partial charge is 0.241 e. The first-order valence-electron chi connectivity index (χ1n) is 5.07. The fourth-order valence-corrected chi connectivity index (χ4v) is 2.62. The second-order valence-electron chi connectivity index (χ2n) is 3.64. The number of nitrogens with two attached hydrogens (primary N) is 1. The maximum absolute atomic E-state index is 11.9. The molecule has 100 valence electrons. The molecule has 18 heavy (non-hydrogen) atoms. The lowest BCUT2D eigenvalue weighted by molar-refractivity contribution is -0.121. The molecule has 8 heteroatoms. The van der Waals surface area contributed by atoms with Gasteiger partial charge in [0.25, 0.3) is 0 Å². The van der Waals surface area contributed by atoms with Gasteiger partial charge in [-0.1, -0.05) is 11.6 Å². The fourth-order valence-electron chi connectivity index (χ4n) is 1.26. The maximum atomic E-state index is 11.9. The average Bonchev–Trinajstić information content (AvgIpc) is 2.30. The molecule has 0 saturated heterocycles. The van der Waals surface area contributed by atoms with Gasteiger partial charge in [-0.15, -0.1) is 0 Å². The van der Waals surface area contributed by atoms with E-state index in [9.17, 15) is 13.2 Å². The van der Waals surface area contributed by atoms with Crippen LogP contribution >= 0.6 is 11.6 Å². The second-order valence-corrected chi connectivity index (χ2v) is 5.76. The number of carbonyl (C=O) groups is 1. The van der Waals surface area contributed by atoms with Crippen LogP contribution in [0.4, 0.5) is 5.69 Å². The summed E-state index contributed by atoms with van der Waals surface area (Å²) in [6.45, 7) is 1.44. The Hall–Kier alpha value is -1.31. The Bertz CT molecular complexity index is 559. The minimum Gasteiger partial charge on any atom is -0.397 e. The van der Waals surface area contributed by atoms with Crippen molar-refractivity contribution in [3.63, 3.8) is 0 Å². The number of halogens is 1. The Morgan fingerprint density at radius 3 is 2.56 bits per heavy atom. The van der Waals surface area contributed by atoms with Crippen molar-refractivity contribution in [2.45, 2.75) is 17.9 Å². The number of likely N-dealkylation sites (N-methyl/N-ethyl adjacent to an activating group) is 1. The Kier molecular flexibility index (Phi) is 4.55. The van der Waals surface area contributed by atoms with Gasteiger partial charge in [0.05, 0.1) is 21.6 Å². The normalized spacial score (nSPS) is 13.1. The van der Waals surface area contributed by atoms with E-state index in [-0.39, 0.29) is 15.6 Å². The molecule has 0 radical (unpaired) electrons. The third kappa shape index (κ3) is 3.34. The van der Waals surface area contributed by atoms with Crippen molar-refractivity contribution in [3.8, 4) is 0 Å². The molecule has 1 aromatic carbocycles. The molecule has 1 aromatic rings. The van der Waals surface area contributed by atoms with Gasteiger partial charge in [-0.2, -0.15) is 4.72 Å². The molecule has 0 aromatic heterocycles. The van der Waals surface area contributed by atoms with E-state index in [2.05, 4.69) is 10.0 Å². The van der Waals surface area contributed by atoms with Crippen molar-refractivity contribution in [2.24, 2.45) is 0 Å². The van der Waals surface area contributed by atoms with Crippen molar-refractivity contribution in [1.82, 2.24) is 10.0 Å². The number of nitrogen functional groups attached to an aromatic ring is 1. The number of hydrogen-bond donors (Lipinski definition) is 3. The molecule has 1 atom stereocenters. The zero-order valence-corrected chi connectivity index (χ0v) is 11.5. The molecule has 0 aliphatic rings. The van der Waals surface area contributed by atoms with E-state index in [1.807, 2.05) is 0 Å². The van der Waals surface area contributed by atoms with Crippen molar-refractivity contribution in [3.05, 3.63) is 23.2 Å². The number of sulfonamides is 1. The highest BCUT2D eigenvalue weighted by Crippen LogP contribution is 2.22. The maximum Gasteiger partial charge on any atom is 0.241 e. The molecule has 0 aliphatic carbocycles. The third-order valence-electron chi connectivity index (χ3n) is 2.25. The first kappa shape index (κ1) is 14.7. The monoisotopic (exact) mass is 291 g/mol. The van der Waals surface area contributed by atoms with Crippen molar-refractivity contribution in [2.75, 3.05) is 12.8 Å². The fraction of sp³-hybridized carbons (Fsp3) is 0.300. The topological polar surface area (TPSA) is 101 Å². The molecule has 0 spiro atoms. The first-order chi connectivity index (χ1) is 8.27. The number of hydrogen-bond acceptors (Lipinski definition) is 4. The summed E-state index contributed by atoms with van der Waals surface area (Å²) in [5.41, 5.74) is 5.69. The summed E-state index contributed by atoms with van der Waals surface area (Å²) >= 11 is 5.71. The summed E-state index contributed by atoms with van der Waals surface area (Å²) in [4.78, 5) is 11.2. The molecule has 0 bridgehead atoms. The molecule has 4 N–H and O–H groups in total.